The van der Waals surface area contributed by atoms with Gasteiger partial charge >= 0.3 is 18.2 Å². The molecule has 0 aromatic heterocycles. The van der Waals surface area contributed by atoms with Gasteiger partial charge in [-0.2, -0.15) is 13.2 Å². The topological polar surface area (TPSA) is 66.8 Å². The van der Waals surface area contributed by atoms with Crippen molar-refractivity contribution in [2.75, 3.05) is 13.7 Å². The summed E-state index contributed by atoms with van der Waals surface area (Å²) in [6.07, 6.45) is -6.98. The molecule has 0 spiro atoms. The fourth-order valence-corrected chi connectivity index (χ4v) is 1.81. The van der Waals surface area contributed by atoms with Crippen molar-refractivity contribution in [3.63, 3.8) is 0 Å². The number of halogens is 3. The van der Waals surface area contributed by atoms with Gasteiger partial charge in [0.2, 0.25) is 5.54 Å². The maximum Gasteiger partial charge on any atom is 0.422 e. The molecule has 0 aliphatic carbocycles. The van der Waals surface area contributed by atoms with Crippen molar-refractivity contribution in [1.82, 2.24) is 4.90 Å². The number of carbonyl (C=O) groups is 2. The maximum atomic E-state index is 12.8. The Kier molecular flexibility index (Phi) is 3.02. The van der Waals surface area contributed by atoms with Gasteiger partial charge in [0.05, 0.1) is 7.11 Å². The van der Waals surface area contributed by atoms with E-state index in [1.165, 1.54) is 0 Å². The van der Waals surface area contributed by atoms with Crippen LogP contribution in [0, 0.1) is 0 Å². The quantitative estimate of drug-likeness (QED) is 0.749. The summed E-state index contributed by atoms with van der Waals surface area (Å²) in [5.74, 6) is -2.08. The number of aliphatic carboxylic acids is 1. The van der Waals surface area contributed by atoms with Crippen LogP contribution < -0.4 is 0 Å². The fraction of sp³-hybridized carbons (Fsp3) is 0.750. The normalized spacial score (nSPS) is 25.6. The molecule has 1 atom stereocenters. The Hall–Kier alpha value is -1.47. The van der Waals surface area contributed by atoms with E-state index in [0.717, 1.165) is 7.11 Å². The molecule has 0 bridgehead atoms. The van der Waals surface area contributed by atoms with Crippen molar-refractivity contribution in [3.05, 3.63) is 0 Å². The Morgan fingerprint density at radius 3 is 2.38 bits per heavy atom. The third kappa shape index (κ3) is 1.57. The number of amides is 1. The second-order valence-corrected chi connectivity index (χ2v) is 3.39. The Bertz CT molecular complexity index is 317. The van der Waals surface area contributed by atoms with E-state index in [1.807, 2.05) is 0 Å². The number of carboxylic acid groups (broad SMARTS) is 1. The molecule has 1 saturated heterocycles. The molecule has 1 heterocycles. The van der Waals surface area contributed by atoms with Crippen LogP contribution in [0.1, 0.15) is 12.8 Å². The van der Waals surface area contributed by atoms with Crippen molar-refractivity contribution in [2.24, 2.45) is 0 Å². The second-order valence-electron chi connectivity index (χ2n) is 3.39. The monoisotopic (exact) mass is 241 g/mol. The lowest BCUT2D eigenvalue weighted by molar-refractivity contribution is -0.225. The molecule has 1 rings (SSSR count). The van der Waals surface area contributed by atoms with E-state index in [9.17, 15) is 22.8 Å². The molecule has 0 aromatic rings. The molecule has 92 valence electrons. The SMILES string of the molecule is COC(=O)N1CCCC1(C(=O)O)C(F)(F)F. The van der Waals surface area contributed by atoms with Crippen LogP contribution in [0.25, 0.3) is 0 Å². The van der Waals surface area contributed by atoms with Crippen molar-refractivity contribution < 1.29 is 32.6 Å². The van der Waals surface area contributed by atoms with E-state index in [-0.39, 0.29) is 17.9 Å². The molecule has 1 N–H and O–H groups in total. The minimum absolute atomic E-state index is 0.0269. The fourth-order valence-electron chi connectivity index (χ4n) is 1.81. The maximum absolute atomic E-state index is 12.8. The molecule has 1 amide bonds. The van der Waals surface area contributed by atoms with Crippen LogP contribution in [0.3, 0.4) is 0 Å². The molecule has 0 saturated carbocycles. The molecule has 1 aliphatic rings. The van der Waals surface area contributed by atoms with Gasteiger partial charge < -0.3 is 9.84 Å². The summed E-state index contributed by atoms with van der Waals surface area (Å²) >= 11 is 0. The number of likely N-dealkylation sites (tertiary alicyclic amines) is 1. The summed E-state index contributed by atoms with van der Waals surface area (Å²) in [5.41, 5.74) is -3.15. The molecule has 1 unspecified atom stereocenters. The zero-order chi connectivity index (χ0) is 12.6. The van der Waals surface area contributed by atoms with E-state index < -0.39 is 30.2 Å². The first-order valence-corrected chi connectivity index (χ1v) is 4.43. The lowest BCUT2D eigenvalue weighted by atomic mass is 9.96. The summed E-state index contributed by atoms with van der Waals surface area (Å²) in [6.45, 7) is -0.279. The number of nitrogens with zero attached hydrogens (tertiary/aromatic N) is 1. The van der Waals surface area contributed by atoms with Crippen molar-refractivity contribution in [1.29, 1.82) is 0 Å². The van der Waals surface area contributed by atoms with E-state index in [1.54, 1.807) is 0 Å². The third-order valence-electron chi connectivity index (χ3n) is 2.60. The number of hydrogen-bond acceptors (Lipinski definition) is 3. The highest BCUT2D eigenvalue weighted by atomic mass is 19.4. The largest absolute Gasteiger partial charge is 0.479 e. The molecular weight excluding hydrogens is 231 g/mol. The van der Waals surface area contributed by atoms with Gasteiger partial charge in [-0.25, -0.2) is 9.59 Å². The van der Waals surface area contributed by atoms with E-state index in [0.29, 0.717) is 0 Å². The Morgan fingerprint density at radius 2 is 2.00 bits per heavy atom. The van der Waals surface area contributed by atoms with Gasteiger partial charge in [-0.1, -0.05) is 0 Å². The minimum Gasteiger partial charge on any atom is -0.479 e. The lowest BCUT2D eigenvalue weighted by Gasteiger charge is -2.34. The standard InChI is InChI=1S/C8H10F3NO4/c1-16-6(15)12-4-2-3-7(12,5(13)14)8(9,10)11/h2-4H2,1H3,(H,13,14). The average molecular weight is 241 g/mol. The first kappa shape index (κ1) is 12.6. The number of methoxy groups -OCH3 is 1. The molecule has 0 aromatic carbocycles. The highest BCUT2D eigenvalue weighted by Gasteiger charge is 2.68. The highest BCUT2D eigenvalue weighted by Crippen LogP contribution is 2.43. The lowest BCUT2D eigenvalue weighted by Crippen LogP contribution is -2.62. The van der Waals surface area contributed by atoms with Gasteiger partial charge in [-0.15, -0.1) is 0 Å². The molecule has 5 nitrogen and oxygen atoms in total. The summed E-state index contributed by atoms with van der Waals surface area (Å²) in [4.78, 5) is 22.2. The van der Waals surface area contributed by atoms with Crippen LogP contribution in [0.4, 0.5) is 18.0 Å². The Balaban J connectivity index is 3.20. The van der Waals surface area contributed by atoms with Gasteiger partial charge in [0.25, 0.3) is 0 Å². The third-order valence-corrected chi connectivity index (χ3v) is 2.60. The number of carboxylic acids is 1. The molecule has 0 radical (unpaired) electrons. The van der Waals surface area contributed by atoms with Crippen LogP contribution >= 0.6 is 0 Å². The smallest absolute Gasteiger partial charge is 0.422 e. The van der Waals surface area contributed by atoms with Crippen LogP contribution in [-0.4, -0.2) is 47.4 Å². The van der Waals surface area contributed by atoms with Gasteiger partial charge in [-0.05, 0) is 12.8 Å². The van der Waals surface area contributed by atoms with Gasteiger partial charge in [0, 0.05) is 6.54 Å². The summed E-state index contributed by atoms with van der Waals surface area (Å²) in [5, 5.41) is 8.74. The molecule has 1 fully saturated rings. The Morgan fingerprint density at radius 1 is 1.44 bits per heavy atom. The predicted molar refractivity (Wildman–Crippen MR) is 44.8 cm³/mol. The second kappa shape index (κ2) is 3.84. The van der Waals surface area contributed by atoms with Crippen LogP contribution in [0.5, 0.6) is 0 Å². The number of rotatable bonds is 1. The number of ether oxygens (including phenoxy) is 1. The van der Waals surface area contributed by atoms with Crippen molar-refractivity contribution >= 4 is 12.1 Å². The van der Waals surface area contributed by atoms with Crippen molar-refractivity contribution in [3.8, 4) is 0 Å². The first-order valence-electron chi connectivity index (χ1n) is 4.43. The van der Waals surface area contributed by atoms with Crippen molar-refractivity contribution in [2.45, 2.75) is 24.6 Å². The summed E-state index contributed by atoms with van der Waals surface area (Å²) < 4.78 is 42.5. The minimum atomic E-state index is -5.02. The molecule has 16 heavy (non-hydrogen) atoms. The van der Waals surface area contributed by atoms with Gasteiger partial charge in [-0.3, -0.25) is 4.90 Å². The van der Waals surface area contributed by atoms with Crippen LogP contribution in [0.15, 0.2) is 0 Å². The number of alkyl halides is 3. The predicted octanol–water partition coefficient (Wildman–Crippen LogP) is 1.23. The zero-order valence-electron chi connectivity index (χ0n) is 8.37. The molecular formula is C8H10F3NO4. The van der Waals surface area contributed by atoms with Crippen LogP contribution in [0.2, 0.25) is 0 Å². The Labute approximate surface area is 88.8 Å². The first-order chi connectivity index (χ1) is 7.27. The van der Waals surface area contributed by atoms with E-state index in [4.69, 9.17) is 5.11 Å². The number of hydrogen-bond donors (Lipinski definition) is 1. The van der Waals surface area contributed by atoms with Gasteiger partial charge in [0.15, 0.2) is 0 Å². The van der Waals surface area contributed by atoms with Gasteiger partial charge in [0.1, 0.15) is 0 Å². The number of carbonyl (C=O) groups excluding carboxylic acids is 1. The summed E-state index contributed by atoms with van der Waals surface area (Å²) in [7, 11) is 0.906. The average Bonchev–Trinajstić information content (AvgIpc) is 2.60. The molecule has 8 heteroatoms. The molecule has 1 aliphatic heterocycles. The highest BCUT2D eigenvalue weighted by molar-refractivity contribution is 5.86. The summed E-state index contributed by atoms with van der Waals surface area (Å²) in [6, 6.07) is 0. The van der Waals surface area contributed by atoms with E-state index in [2.05, 4.69) is 4.74 Å². The van der Waals surface area contributed by atoms with Crippen LogP contribution in [-0.2, 0) is 9.53 Å². The zero-order valence-corrected chi connectivity index (χ0v) is 8.37. The van der Waals surface area contributed by atoms with E-state index >= 15 is 0 Å².